The van der Waals surface area contributed by atoms with Crippen LogP contribution >= 0.6 is 11.3 Å². The molecule has 4 heteroatoms. The third kappa shape index (κ3) is 2.83. The Morgan fingerprint density at radius 3 is 2.73 bits per heavy atom. The standard InChI is InChI=1S/C18H25NO2S/c20-16(19-4-3-15-2-1-5-22-15)11-17-7-13-6-14(8-17)10-18(21,9-13)12-17/h1-2,5,13-14,21H,3-4,6-12H2,(H,19,20)/t13-,14-,17?,18?/m1/s1. The van der Waals surface area contributed by atoms with Crippen molar-refractivity contribution in [2.45, 2.75) is 57.0 Å². The molecule has 1 aromatic rings. The highest BCUT2D eigenvalue weighted by Crippen LogP contribution is 2.62. The number of rotatable bonds is 5. The van der Waals surface area contributed by atoms with Crippen LogP contribution in [0.15, 0.2) is 17.5 Å². The van der Waals surface area contributed by atoms with Crippen LogP contribution in [0.3, 0.4) is 0 Å². The molecule has 120 valence electrons. The first-order valence-corrected chi connectivity index (χ1v) is 9.44. The lowest BCUT2D eigenvalue weighted by Crippen LogP contribution is -2.56. The summed E-state index contributed by atoms with van der Waals surface area (Å²) < 4.78 is 0. The van der Waals surface area contributed by atoms with E-state index in [-0.39, 0.29) is 11.3 Å². The predicted molar refractivity (Wildman–Crippen MR) is 87.7 cm³/mol. The number of carbonyl (C=O) groups is 1. The topological polar surface area (TPSA) is 49.3 Å². The van der Waals surface area contributed by atoms with Crippen LogP contribution in [0.25, 0.3) is 0 Å². The Balaban J connectivity index is 1.33. The van der Waals surface area contributed by atoms with Gasteiger partial charge >= 0.3 is 0 Å². The van der Waals surface area contributed by atoms with Crippen molar-refractivity contribution in [2.24, 2.45) is 17.3 Å². The third-order valence-electron chi connectivity index (χ3n) is 5.96. The second kappa shape index (κ2) is 5.34. The zero-order valence-electron chi connectivity index (χ0n) is 13.0. The molecule has 4 fully saturated rings. The fourth-order valence-electron chi connectivity index (χ4n) is 5.79. The zero-order chi connectivity index (χ0) is 15.2. The molecule has 5 rings (SSSR count). The lowest BCUT2D eigenvalue weighted by molar-refractivity contribution is -0.169. The Hall–Kier alpha value is -0.870. The minimum absolute atomic E-state index is 0.0891. The minimum Gasteiger partial charge on any atom is -0.390 e. The number of amides is 1. The summed E-state index contributed by atoms with van der Waals surface area (Å²) in [6.45, 7) is 0.729. The lowest BCUT2D eigenvalue weighted by Gasteiger charge is -2.60. The van der Waals surface area contributed by atoms with Gasteiger partial charge in [-0.3, -0.25) is 4.79 Å². The molecule has 0 spiro atoms. The van der Waals surface area contributed by atoms with Gasteiger partial charge in [0.2, 0.25) is 5.91 Å². The quantitative estimate of drug-likeness (QED) is 0.876. The number of aliphatic hydroxyl groups is 1. The van der Waals surface area contributed by atoms with Gasteiger partial charge in [0, 0.05) is 17.8 Å². The zero-order valence-corrected chi connectivity index (χ0v) is 13.8. The van der Waals surface area contributed by atoms with E-state index in [4.69, 9.17) is 0 Å². The molecule has 4 bridgehead atoms. The molecule has 2 N–H and O–H groups in total. The molecule has 22 heavy (non-hydrogen) atoms. The molecule has 0 unspecified atom stereocenters. The highest BCUT2D eigenvalue weighted by atomic mass is 32.1. The summed E-state index contributed by atoms with van der Waals surface area (Å²) in [5, 5.41) is 15.9. The molecule has 0 saturated heterocycles. The van der Waals surface area contributed by atoms with Gasteiger partial charge in [-0.2, -0.15) is 0 Å². The minimum atomic E-state index is -0.457. The molecule has 1 amide bonds. The SMILES string of the molecule is O=C(CC12C[C@H]3C[C@@H](CC(O)(C3)C1)C2)NCCc1cccs1. The number of hydrogen-bond acceptors (Lipinski definition) is 3. The lowest BCUT2D eigenvalue weighted by atomic mass is 9.47. The van der Waals surface area contributed by atoms with Gasteiger partial charge in [-0.05, 0) is 73.6 Å². The third-order valence-corrected chi connectivity index (χ3v) is 6.90. The summed E-state index contributed by atoms with van der Waals surface area (Å²) in [5.41, 5.74) is -0.368. The van der Waals surface area contributed by atoms with Crippen LogP contribution in [0.1, 0.15) is 49.8 Å². The van der Waals surface area contributed by atoms with Crippen molar-refractivity contribution in [3.63, 3.8) is 0 Å². The van der Waals surface area contributed by atoms with Crippen molar-refractivity contribution in [3.8, 4) is 0 Å². The van der Waals surface area contributed by atoms with E-state index in [1.807, 2.05) is 0 Å². The summed E-state index contributed by atoms with van der Waals surface area (Å²) in [6, 6.07) is 4.17. The van der Waals surface area contributed by atoms with Gasteiger partial charge in [0.1, 0.15) is 0 Å². The van der Waals surface area contributed by atoms with E-state index in [9.17, 15) is 9.90 Å². The Bertz CT molecular complexity index is 539. The van der Waals surface area contributed by atoms with Gasteiger partial charge in [0.05, 0.1) is 5.60 Å². The fourth-order valence-corrected chi connectivity index (χ4v) is 6.50. The number of thiophene rings is 1. The first-order chi connectivity index (χ1) is 10.5. The Labute approximate surface area is 136 Å². The van der Waals surface area contributed by atoms with Gasteiger partial charge < -0.3 is 10.4 Å². The van der Waals surface area contributed by atoms with Crippen molar-refractivity contribution in [2.75, 3.05) is 6.54 Å². The van der Waals surface area contributed by atoms with Gasteiger partial charge in [0.15, 0.2) is 0 Å². The van der Waals surface area contributed by atoms with E-state index < -0.39 is 5.60 Å². The van der Waals surface area contributed by atoms with Gasteiger partial charge in [-0.1, -0.05) is 6.07 Å². The molecule has 0 radical (unpaired) electrons. The van der Waals surface area contributed by atoms with E-state index in [0.29, 0.717) is 18.3 Å². The number of nitrogens with one attached hydrogen (secondary N) is 1. The van der Waals surface area contributed by atoms with Gasteiger partial charge in [-0.25, -0.2) is 0 Å². The van der Waals surface area contributed by atoms with E-state index >= 15 is 0 Å². The Morgan fingerprint density at radius 1 is 1.32 bits per heavy atom. The molecule has 0 aromatic carbocycles. The van der Waals surface area contributed by atoms with Crippen molar-refractivity contribution < 1.29 is 9.90 Å². The Kier molecular flexibility index (Phi) is 3.57. The molecule has 2 atom stereocenters. The van der Waals surface area contributed by atoms with Crippen LogP contribution in [0.2, 0.25) is 0 Å². The second-order valence-electron chi connectivity index (χ2n) is 8.04. The fraction of sp³-hybridized carbons (Fsp3) is 0.722. The van der Waals surface area contributed by atoms with Crippen LogP contribution in [0.5, 0.6) is 0 Å². The molecule has 4 aliphatic carbocycles. The molecule has 4 saturated carbocycles. The van der Waals surface area contributed by atoms with E-state index in [2.05, 4.69) is 22.8 Å². The second-order valence-corrected chi connectivity index (χ2v) is 9.07. The summed E-state index contributed by atoms with van der Waals surface area (Å²) in [5.74, 6) is 1.50. The van der Waals surface area contributed by atoms with E-state index in [0.717, 1.165) is 45.1 Å². The molecule has 3 nitrogen and oxygen atoms in total. The highest BCUT2D eigenvalue weighted by molar-refractivity contribution is 7.09. The Morgan fingerprint density at radius 2 is 2.09 bits per heavy atom. The van der Waals surface area contributed by atoms with Gasteiger partial charge in [0.25, 0.3) is 0 Å². The smallest absolute Gasteiger partial charge is 0.220 e. The van der Waals surface area contributed by atoms with E-state index in [1.165, 1.54) is 11.3 Å². The molecule has 1 aromatic heterocycles. The van der Waals surface area contributed by atoms with E-state index in [1.54, 1.807) is 11.3 Å². The summed E-state index contributed by atoms with van der Waals surface area (Å²) in [7, 11) is 0. The summed E-state index contributed by atoms with van der Waals surface area (Å²) in [6.07, 6.45) is 7.94. The number of carbonyl (C=O) groups excluding carboxylic acids is 1. The van der Waals surface area contributed by atoms with Crippen LogP contribution < -0.4 is 5.32 Å². The monoisotopic (exact) mass is 319 g/mol. The van der Waals surface area contributed by atoms with Crippen LogP contribution in [0.4, 0.5) is 0 Å². The highest BCUT2D eigenvalue weighted by Gasteiger charge is 2.57. The van der Waals surface area contributed by atoms with Crippen LogP contribution in [-0.2, 0) is 11.2 Å². The van der Waals surface area contributed by atoms with Crippen LogP contribution in [-0.4, -0.2) is 23.2 Å². The normalized spacial score (nSPS) is 39.1. The van der Waals surface area contributed by atoms with Crippen molar-refractivity contribution >= 4 is 17.2 Å². The van der Waals surface area contributed by atoms with Crippen molar-refractivity contribution in [3.05, 3.63) is 22.4 Å². The average molecular weight is 319 g/mol. The maximum absolute atomic E-state index is 12.4. The number of hydrogen-bond donors (Lipinski definition) is 2. The van der Waals surface area contributed by atoms with Crippen molar-refractivity contribution in [1.29, 1.82) is 0 Å². The van der Waals surface area contributed by atoms with Crippen LogP contribution in [0, 0.1) is 17.3 Å². The average Bonchev–Trinajstić information content (AvgIpc) is 2.87. The predicted octanol–water partition coefficient (Wildman–Crippen LogP) is 3.13. The molecule has 4 aliphatic rings. The summed E-state index contributed by atoms with van der Waals surface area (Å²) >= 11 is 1.74. The first-order valence-electron chi connectivity index (χ1n) is 8.56. The molecule has 0 aliphatic heterocycles. The summed E-state index contributed by atoms with van der Waals surface area (Å²) in [4.78, 5) is 13.7. The largest absolute Gasteiger partial charge is 0.390 e. The maximum Gasteiger partial charge on any atom is 0.220 e. The first kappa shape index (κ1) is 14.7. The molecular weight excluding hydrogens is 294 g/mol. The van der Waals surface area contributed by atoms with Crippen molar-refractivity contribution in [1.82, 2.24) is 5.32 Å². The molecular formula is C18H25NO2S. The van der Waals surface area contributed by atoms with Gasteiger partial charge in [-0.15, -0.1) is 11.3 Å². The maximum atomic E-state index is 12.4. The molecule has 1 heterocycles.